The van der Waals surface area contributed by atoms with E-state index in [1.165, 1.54) is 25.4 Å². The standard InChI is InChI=1S/C14H11BrClFN2O2/c1-21-12-6-13(18-7-10(12)16)19-14(20)4-8-2-3-9(15)5-11(8)17/h2-3,5-7H,4H2,1H3,(H,18,19,20). The second-order valence-corrected chi connectivity index (χ2v) is 5.49. The molecule has 7 heteroatoms. The van der Waals surface area contributed by atoms with Gasteiger partial charge in [0.2, 0.25) is 5.91 Å². The number of hydrogen-bond donors (Lipinski definition) is 1. The molecule has 1 aromatic heterocycles. The van der Waals surface area contributed by atoms with Crippen molar-refractivity contribution in [2.75, 3.05) is 12.4 Å². The zero-order chi connectivity index (χ0) is 15.4. The van der Waals surface area contributed by atoms with Crippen LogP contribution in [0.3, 0.4) is 0 Å². The third kappa shape index (κ3) is 4.15. The largest absolute Gasteiger partial charge is 0.495 e. The van der Waals surface area contributed by atoms with E-state index in [-0.39, 0.29) is 12.3 Å². The molecule has 0 aliphatic heterocycles. The summed E-state index contributed by atoms with van der Waals surface area (Å²) in [5.41, 5.74) is 0.302. The van der Waals surface area contributed by atoms with Crippen molar-refractivity contribution in [3.05, 3.63) is 51.3 Å². The summed E-state index contributed by atoms with van der Waals surface area (Å²) in [4.78, 5) is 15.9. The van der Waals surface area contributed by atoms with Gasteiger partial charge < -0.3 is 10.1 Å². The van der Waals surface area contributed by atoms with Crippen LogP contribution in [0.15, 0.2) is 34.9 Å². The zero-order valence-electron chi connectivity index (χ0n) is 11.0. The summed E-state index contributed by atoms with van der Waals surface area (Å²) in [6.45, 7) is 0. The highest BCUT2D eigenvalue weighted by Gasteiger charge is 2.11. The van der Waals surface area contributed by atoms with Gasteiger partial charge in [-0.2, -0.15) is 0 Å². The van der Waals surface area contributed by atoms with E-state index in [1.807, 2.05) is 0 Å². The third-order valence-corrected chi connectivity index (χ3v) is 3.45. The monoisotopic (exact) mass is 372 g/mol. The predicted molar refractivity (Wildman–Crippen MR) is 82.2 cm³/mol. The van der Waals surface area contributed by atoms with E-state index in [4.69, 9.17) is 16.3 Å². The fraction of sp³-hybridized carbons (Fsp3) is 0.143. The number of methoxy groups -OCH3 is 1. The van der Waals surface area contributed by atoms with Gasteiger partial charge in [0.1, 0.15) is 22.4 Å². The Kier molecular flexibility index (Phi) is 5.14. The highest BCUT2D eigenvalue weighted by Crippen LogP contribution is 2.25. The Morgan fingerprint density at radius 2 is 2.24 bits per heavy atom. The van der Waals surface area contributed by atoms with Gasteiger partial charge in [0.05, 0.1) is 19.7 Å². The summed E-state index contributed by atoms with van der Waals surface area (Å²) in [6, 6.07) is 6.04. The van der Waals surface area contributed by atoms with Crippen molar-refractivity contribution < 1.29 is 13.9 Å². The Labute approximate surface area is 134 Å². The number of aromatic nitrogens is 1. The maximum Gasteiger partial charge on any atom is 0.230 e. The SMILES string of the molecule is COc1cc(NC(=O)Cc2ccc(Br)cc2F)ncc1Cl. The number of benzene rings is 1. The number of nitrogens with zero attached hydrogens (tertiary/aromatic N) is 1. The predicted octanol–water partition coefficient (Wildman–Crippen LogP) is 3.83. The van der Waals surface area contributed by atoms with Crippen molar-refractivity contribution in [3.8, 4) is 5.75 Å². The molecule has 1 heterocycles. The van der Waals surface area contributed by atoms with Crippen molar-refractivity contribution in [2.45, 2.75) is 6.42 Å². The summed E-state index contributed by atoms with van der Waals surface area (Å²) in [5.74, 6) is -0.134. The van der Waals surface area contributed by atoms with Crippen LogP contribution in [0.25, 0.3) is 0 Å². The van der Waals surface area contributed by atoms with Crippen LogP contribution >= 0.6 is 27.5 Å². The van der Waals surface area contributed by atoms with Crippen molar-refractivity contribution in [2.24, 2.45) is 0 Å². The highest BCUT2D eigenvalue weighted by atomic mass is 79.9. The number of nitrogens with one attached hydrogen (secondary N) is 1. The second-order valence-electron chi connectivity index (χ2n) is 4.16. The molecule has 0 spiro atoms. The Bertz CT molecular complexity index is 682. The molecule has 0 saturated carbocycles. The minimum Gasteiger partial charge on any atom is -0.495 e. The lowest BCUT2D eigenvalue weighted by atomic mass is 10.1. The number of amides is 1. The molecule has 1 N–H and O–H groups in total. The lowest BCUT2D eigenvalue weighted by Gasteiger charge is -2.08. The molecule has 2 rings (SSSR count). The van der Waals surface area contributed by atoms with E-state index in [1.54, 1.807) is 12.1 Å². The van der Waals surface area contributed by atoms with Gasteiger partial charge in [-0.1, -0.05) is 33.6 Å². The molecule has 0 saturated heterocycles. The molecular weight excluding hydrogens is 363 g/mol. The number of rotatable bonds is 4. The fourth-order valence-electron chi connectivity index (χ4n) is 1.67. The summed E-state index contributed by atoms with van der Waals surface area (Å²) >= 11 is 9.01. The van der Waals surface area contributed by atoms with Crippen LogP contribution in [0.2, 0.25) is 5.02 Å². The van der Waals surface area contributed by atoms with Crippen LogP contribution in [-0.2, 0) is 11.2 Å². The minimum atomic E-state index is -0.443. The topological polar surface area (TPSA) is 51.2 Å². The van der Waals surface area contributed by atoms with E-state index in [2.05, 4.69) is 26.2 Å². The van der Waals surface area contributed by atoms with Crippen molar-refractivity contribution in [3.63, 3.8) is 0 Å². The third-order valence-electron chi connectivity index (χ3n) is 2.67. The lowest BCUT2D eigenvalue weighted by molar-refractivity contribution is -0.115. The number of pyridine rings is 1. The highest BCUT2D eigenvalue weighted by molar-refractivity contribution is 9.10. The van der Waals surface area contributed by atoms with E-state index in [0.29, 0.717) is 26.6 Å². The van der Waals surface area contributed by atoms with E-state index in [0.717, 1.165) is 0 Å². The average Bonchev–Trinajstić information content (AvgIpc) is 2.44. The first-order valence-electron chi connectivity index (χ1n) is 5.93. The van der Waals surface area contributed by atoms with Crippen LogP contribution < -0.4 is 10.1 Å². The van der Waals surface area contributed by atoms with Crippen LogP contribution in [0.5, 0.6) is 5.75 Å². The molecule has 1 amide bonds. The molecule has 0 aliphatic rings. The van der Waals surface area contributed by atoms with Crippen LogP contribution in [0.4, 0.5) is 10.2 Å². The van der Waals surface area contributed by atoms with Gasteiger partial charge in [-0.05, 0) is 17.7 Å². The van der Waals surface area contributed by atoms with Gasteiger partial charge in [-0.3, -0.25) is 4.79 Å². The van der Waals surface area contributed by atoms with Gasteiger partial charge in [0.25, 0.3) is 0 Å². The second kappa shape index (κ2) is 6.87. The fourth-order valence-corrected chi connectivity index (χ4v) is 2.18. The van der Waals surface area contributed by atoms with Crippen LogP contribution in [0.1, 0.15) is 5.56 Å². The van der Waals surface area contributed by atoms with Gasteiger partial charge >= 0.3 is 0 Å². The quantitative estimate of drug-likeness (QED) is 0.886. The smallest absolute Gasteiger partial charge is 0.230 e. The molecule has 0 radical (unpaired) electrons. The average molecular weight is 374 g/mol. The summed E-state index contributed by atoms with van der Waals surface area (Å²) in [5, 5.41) is 2.91. The van der Waals surface area contributed by atoms with Gasteiger partial charge in [-0.15, -0.1) is 0 Å². The van der Waals surface area contributed by atoms with Gasteiger partial charge in [-0.25, -0.2) is 9.37 Å². The first kappa shape index (κ1) is 15.7. The van der Waals surface area contributed by atoms with Crippen molar-refractivity contribution in [1.29, 1.82) is 0 Å². The number of anilines is 1. The molecule has 110 valence electrons. The molecule has 0 atom stereocenters. The molecule has 2 aromatic rings. The van der Waals surface area contributed by atoms with Crippen molar-refractivity contribution in [1.82, 2.24) is 4.98 Å². The molecule has 0 bridgehead atoms. The lowest BCUT2D eigenvalue weighted by Crippen LogP contribution is -2.16. The molecule has 0 fully saturated rings. The van der Waals surface area contributed by atoms with Crippen LogP contribution in [-0.4, -0.2) is 18.0 Å². The first-order valence-corrected chi connectivity index (χ1v) is 7.10. The molecule has 21 heavy (non-hydrogen) atoms. The number of ether oxygens (including phenoxy) is 1. The normalized spacial score (nSPS) is 10.3. The van der Waals surface area contributed by atoms with E-state index >= 15 is 0 Å². The first-order chi connectivity index (χ1) is 9.99. The molecule has 0 aliphatic carbocycles. The maximum absolute atomic E-state index is 13.7. The zero-order valence-corrected chi connectivity index (χ0v) is 13.3. The van der Waals surface area contributed by atoms with Gasteiger partial charge in [0, 0.05) is 10.5 Å². The summed E-state index contributed by atoms with van der Waals surface area (Å²) < 4.78 is 19.3. The number of halogens is 3. The Hall–Kier alpha value is -1.66. The molecule has 0 unspecified atom stereocenters. The number of carbonyl (C=O) groups excluding carboxylic acids is 1. The molecule has 1 aromatic carbocycles. The van der Waals surface area contributed by atoms with Gasteiger partial charge in [0.15, 0.2) is 0 Å². The number of carbonyl (C=O) groups is 1. The Balaban J connectivity index is 2.08. The Morgan fingerprint density at radius 3 is 2.90 bits per heavy atom. The summed E-state index contributed by atoms with van der Waals surface area (Å²) in [7, 11) is 1.46. The summed E-state index contributed by atoms with van der Waals surface area (Å²) in [6.07, 6.45) is 1.28. The Morgan fingerprint density at radius 1 is 1.48 bits per heavy atom. The van der Waals surface area contributed by atoms with E-state index in [9.17, 15) is 9.18 Å². The maximum atomic E-state index is 13.7. The van der Waals surface area contributed by atoms with E-state index < -0.39 is 5.82 Å². The minimum absolute atomic E-state index is 0.0915. The van der Waals surface area contributed by atoms with Crippen molar-refractivity contribution >= 4 is 39.3 Å². The number of hydrogen-bond acceptors (Lipinski definition) is 3. The van der Waals surface area contributed by atoms with Crippen LogP contribution in [0, 0.1) is 5.82 Å². The molecule has 4 nitrogen and oxygen atoms in total. The molecular formula is C14H11BrClFN2O2.